The Kier molecular flexibility index (Phi) is 6.55. The highest BCUT2D eigenvalue weighted by Crippen LogP contribution is 2.34. The lowest BCUT2D eigenvalue weighted by Gasteiger charge is -2.24. The van der Waals surface area contributed by atoms with Gasteiger partial charge in [0, 0.05) is 36.8 Å². The number of fused-ring (bicyclic) bond motifs is 1. The molecule has 4 rings (SSSR count). The van der Waals surface area contributed by atoms with Crippen molar-refractivity contribution in [2.45, 2.75) is 19.3 Å². The minimum Gasteiger partial charge on any atom is -0.496 e. The van der Waals surface area contributed by atoms with Gasteiger partial charge in [-0.05, 0) is 67.4 Å². The van der Waals surface area contributed by atoms with Crippen molar-refractivity contribution in [2.24, 2.45) is 13.0 Å². The van der Waals surface area contributed by atoms with Gasteiger partial charge in [0.25, 0.3) is 5.56 Å². The maximum atomic E-state index is 15.1. The molecule has 0 atom stereocenters. The van der Waals surface area contributed by atoms with Crippen molar-refractivity contribution >= 4 is 23.2 Å². The zero-order chi connectivity index (χ0) is 19.7. The molecule has 0 radical (unpaired) electrons. The van der Waals surface area contributed by atoms with E-state index in [0.29, 0.717) is 34.6 Å². The number of hydrogen-bond acceptors (Lipinski definition) is 4. The quantitative estimate of drug-likeness (QED) is 0.703. The smallest absolute Gasteiger partial charge is 0.259 e. The van der Waals surface area contributed by atoms with Crippen molar-refractivity contribution in [3.8, 4) is 16.9 Å². The van der Waals surface area contributed by atoms with Crippen LogP contribution in [-0.2, 0) is 13.5 Å². The number of aromatic nitrogens is 2. The Labute approximate surface area is 175 Å². The lowest BCUT2D eigenvalue weighted by atomic mass is 9.89. The summed E-state index contributed by atoms with van der Waals surface area (Å²) in [6.45, 7) is 1.95. The molecule has 1 saturated heterocycles. The molecule has 1 fully saturated rings. The van der Waals surface area contributed by atoms with Gasteiger partial charge in [0.05, 0.1) is 12.5 Å². The van der Waals surface area contributed by atoms with Crippen LogP contribution >= 0.6 is 12.4 Å². The first kappa shape index (κ1) is 21.3. The minimum absolute atomic E-state index is 0. The fraction of sp³-hybridized carbons (Fsp3) is 0.364. The Morgan fingerprint density at radius 1 is 1.28 bits per heavy atom. The normalized spacial score (nSPS) is 14.6. The number of piperidine rings is 1. The Bertz CT molecular complexity index is 1080. The van der Waals surface area contributed by atoms with E-state index in [-0.39, 0.29) is 23.8 Å². The zero-order valence-electron chi connectivity index (χ0n) is 16.6. The lowest BCUT2D eigenvalue weighted by Crippen LogP contribution is -2.28. The maximum absolute atomic E-state index is 15.1. The fourth-order valence-corrected chi connectivity index (χ4v) is 4.06. The average molecular weight is 418 g/mol. The maximum Gasteiger partial charge on any atom is 0.259 e. The fourth-order valence-electron chi connectivity index (χ4n) is 4.06. The molecule has 7 heteroatoms. The third kappa shape index (κ3) is 4.14. The number of methoxy groups -OCH3 is 1. The number of ether oxygens (including phenoxy) is 1. The molecule has 0 bridgehead atoms. The van der Waals surface area contributed by atoms with Crippen molar-refractivity contribution in [2.75, 3.05) is 20.2 Å². The van der Waals surface area contributed by atoms with Gasteiger partial charge in [-0.25, -0.2) is 4.39 Å². The third-order valence-corrected chi connectivity index (χ3v) is 5.62. The predicted octanol–water partition coefficient (Wildman–Crippen LogP) is 3.71. The van der Waals surface area contributed by atoms with Gasteiger partial charge in [-0.2, -0.15) is 0 Å². The second kappa shape index (κ2) is 8.93. The second-order valence-electron chi connectivity index (χ2n) is 7.42. The second-order valence-corrected chi connectivity index (χ2v) is 7.42. The molecule has 1 aliphatic rings. The van der Waals surface area contributed by atoms with E-state index in [1.54, 1.807) is 44.9 Å². The van der Waals surface area contributed by atoms with Gasteiger partial charge in [-0.15, -0.1) is 12.4 Å². The number of benzene rings is 1. The van der Waals surface area contributed by atoms with E-state index in [4.69, 9.17) is 4.74 Å². The molecule has 154 valence electrons. The molecule has 0 amide bonds. The molecule has 29 heavy (non-hydrogen) atoms. The first-order chi connectivity index (χ1) is 13.6. The molecule has 2 aromatic heterocycles. The van der Waals surface area contributed by atoms with Gasteiger partial charge in [-0.3, -0.25) is 9.78 Å². The van der Waals surface area contributed by atoms with E-state index in [2.05, 4.69) is 10.3 Å². The Morgan fingerprint density at radius 2 is 2.03 bits per heavy atom. The van der Waals surface area contributed by atoms with Gasteiger partial charge in [0.15, 0.2) is 0 Å². The summed E-state index contributed by atoms with van der Waals surface area (Å²) in [7, 11) is 3.27. The highest BCUT2D eigenvalue weighted by molar-refractivity contribution is 5.95. The van der Waals surface area contributed by atoms with E-state index in [1.165, 1.54) is 4.57 Å². The van der Waals surface area contributed by atoms with Crippen LogP contribution in [0.15, 0.2) is 41.6 Å². The van der Waals surface area contributed by atoms with E-state index in [9.17, 15) is 4.79 Å². The molecule has 0 unspecified atom stereocenters. The van der Waals surface area contributed by atoms with Gasteiger partial charge < -0.3 is 14.6 Å². The summed E-state index contributed by atoms with van der Waals surface area (Å²) in [4.78, 5) is 16.5. The summed E-state index contributed by atoms with van der Waals surface area (Å²) in [6.07, 6.45) is 7.70. The number of halogens is 2. The molecule has 3 heterocycles. The largest absolute Gasteiger partial charge is 0.496 e. The molecule has 0 spiro atoms. The van der Waals surface area contributed by atoms with Crippen molar-refractivity contribution in [3.63, 3.8) is 0 Å². The van der Waals surface area contributed by atoms with Gasteiger partial charge in [0.2, 0.25) is 0 Å². The predicted molar refractivity (Wildman–Crippen MR) is 115 cm³/mol. The molecule has 0 saturated carbocycles. The van der Waals surface area contributed by atoms with Gasteiger partial charge in [0.1, 0.15) is 11.6 Å². The van der Waals surface area contributed by atoms with E-state index in [1.807, 2.05) is 6.07 Å². The highest BCUT2D eigenvalue weighted by atomic mass is 35.5. The van der Waals surface area contributed by atoms with Gasteiger partial charge in [-0.1, -0.05) is 0 Å². The molecule has 0 aliphatic carbocycles. The number of nitrogens with one attached hydrogen (secondary N) is 1. The molecule has 1 N–H and O–H groups in total. The summed E-state index contributed by atoms with van der Waals surface area (Å²) in [5.74, 6) is 0.758. The summed E-state index contributed by atoms with van der Waals surface area (Å²) in [5, 5.41) is 4.61. The van der Waals surface area contributed by atoms with E-state index >= 15 is 4.39 Å². The number of nitrogens with zero attached hydrogens (tertiary/aromatic N) is 2. The van der Waals surface area contributed by atoms with Crippen molar-refractivity contribution in [3.05, 3.63) is 58.5 Å². The summed E-state index contributed by atoms with van der Waals surface area (Å²) in [5.41, 5.74) is 1.98. The Morgan fingerprint density at radius 3 is 2.76 bits per heavy atom. The lowest BCUT2D eigenvalue weighted by molar-refractivity contribution is 0.355. The van der Waals surface area contributed by atoms with Crippen LogP contribution in [0.25, 0.3) is 21.9 Å². The van der Waals surface area contributed by atoms with Crippen LogP contribution in [0.3, 0.4) is 0 Å². The van der Waals surface area contributed by atoms with Gasteiger partial charge >= 0.3 is 0 Å². The topological polar surface area (TPSA) is 56.2 Å². The Balaban J connectivity index is 0.00000240. The van der Waals surface area contributed by atoms with Crippen LogP contribution in [-0.4, -0.2) is 29.8 Å². The summed E-state index contributed by atoms with van der Waals surface area (Å²) < 4.78 is 22.2. The number of aryl methyl sites for hydroxylation is 1. The van der Waals surface area contributed by atoms with Crippen LogP contribution < -0.4 is 15.6 Å². The molecule has 1 aromatic carbocycles. The Hall–Kier alpha value is -2.44. The van der Waals surface area contributed by atoms with Crippen molar-refractivity contribution in [1.29, 1.82) is 0 Å². The molecule has 5 nitrogen and oxygen atoms in total. The van der Waals surface area contributed by atoms with Crippen LogP contribution in [0.5, 0.6) is 5.75 Å². The zero-order valence-corrected chi connectivity index (χ0v) is 17.4. The van der Waals surface area contributed by atoms with Crippen molar-refractivity contribution in [1.82, 2.24) is 14.9 Å². The SMILES string of the molecule is COc1cc(-c2cn(C)c(=O)c3cnccc23)cc(F)c1CC1CCNCC1.Cl. The first-order valence-electron chi connectivity index (χ1n) is 9.59. The van der Waals surface area contributed by atoms with Crippen LogP contribution in [0.4, 0.5) is 4.39 Å². The first-order valence-corrected chi connectivity index (χ1v) is 9.59. The van der Waals surface area contributed by atoms with Crippen molar-refractivity contribution < 1.29 is 9.13 Å². The standard InChI is InChI=1S/C22H24FN3O2.ClH/c1-26-13-19(16-5-8-25-12-18(16)22(26)27)15-10-20(23)17(21(11-15)28-2)9-14-3-6-24-7-4-14;/h5,8,10-14,24H,3-4,6-7,9H2,1-2H3;1H. The van der Waals surface area contributed by atoms with Crippen LogP contribution in [0.1, 0.15) is 18.4 Å². The minimum atomic E-state index is -0.260. The van der Waals surface area contributed by atoms with Crippen LogP contribution in [0, 0.1) is 11.7 Å². The molecule has 3 aromatic rings. The average Bonchev–Trinajstić information content (AvgIpc) is 2.73. The molecular weight excluding hydrogens is 393 g/mol. The third-order valence-electron chi connectivity index (χ3n) is 5.62. The van der Waals surface area contributed by atoms with Crippen LogP contribution in [0.2, 0.25) is 0 Å². The number of rotatable bonds is 4. The number of pyridine rings is 2. The highest BCUT2D eigenvalue weighted by Gasteiger charge is 2.20. The summed E-state index contributed by atoms with van der Waals surface area (Å²) >= 11 is 0. The monoisotopic (exact) mass is 417 g/mol. The summed E-state index contributed by atoms with van der Waals surface area (Å²) in [6, 6.07) is 5.22. The van der Waals surface area contributed by atoms with E-state index in [0.717, 1.165) is 36.9 Å². The number of hydrogen-bond donors (Lipinski definition) is 1. The molecule has 1 aliphatic heterocycles. The molecular formula is C22H25ClFN3O2. The van der Waals surface area contributed by atoms with E-state index < -0.39 is 0 Å².